The van der Waals surface area contributed by atoms with Gasteiger partial charge in [-0.1, -0.05) is 18.0 Å². The van der Waals surface area contributed by atoms with E-state index in [0.29, 0.717) is 42.2 Å². The molecular weight excluding hydrogens is 420 g/mol. The summed E-state index contributed by atoms with van der Waals surface area (Å²) >= 11 is 11.6. The molecule has 0 saturated carbocycles. The van der Waals surface area contributed by atoms with Crippen molar-refractivity contribution in [1.29, 1.82) is 5.26 Å². The van der Waals surface area contributed by atoms with E-state index >= 15 is 0 Å². The van der Waals surface area contributed by atoms with Crippen molar-refractivity contribution in [2.24, 2.45) is 5.14 Å². The Kier molecular flexibility index (Phi) is 6.86. The number of anilines is 1. The van der Waals surface area contributed by atoms with Gasteiger partial charge in [-0.25, -0.2) is 9.00 Å². The molecular formula is C18H21ClN4O3S2. The first-order chi connectivity index (χ1) is 13.0. The third-order valence-corrected chi connectivity index (χ3v) is 6.52. The highest BCUT2D eigenvalue weighted by Crippen LogP contribution is 2.34. The fraction of sp³-hybridized carbons (Fsp3) is 0.444. The molecule has 0 aliphatic carbocycles. The van der Waals surface area contributed by atoms with Crippen molar-refractivity contribution in [2.75, 3.05) is 17.2 Å². The fourth-order valence-electron chi connectivity index (χ4n) is 2.98. The quantitative estimate of drug-likeness (QED) is 0.515. The zero-order valence-electron chi connectivity index (χ0n) is 15.6. The molecule has 150 valence electrons. The number of carbonyl (C=O) groups is 1. The lowest BCUT2D eigenvalue weighted by atomic mass is 10.0. The van der Waals surface area contributed by atoms with Crippen molar-refractivity contribution in [1.82, 2.24) is 4.90 Å². The van der Waals surface area contributed by atoms with Gasteiger partial charge in [-0.3, -0.25) is 14.8 Å². The summed E-state index contributed by atoms with van der Waals surface area (Å²) in [5.41, 5.74) is -0.00256. The second-order valence-electron chi connectivity index (χ2n) is 6.98. The molecule has 28 heavy (non-hydrogen) atoms. The Morgan fingerprint density at radius 1 is 1.32 bits per heavy atom. The molecule has 1 atom stereocenters. The lowest BCUT2D eigenvalue weighted by molar-refractivity contribution is -0.123. The van der Waals surface area contributed by atoms with Crippen molar-refractivity contribution in [2.45, 2.75) is 38.6 Å². The Morgan fingerprint density at radius 3 is 2.57 bits per heavy atom. The topological polar surface area (TPSA) is 108 Å². The summed E-state index contributed by atoms with van der Waals surface area (Å²) in [6, 6.07) is 6.73. The smallest absolute Gasteiger partial charge is 0.258 e. The van der Waals surface area contributed by atoms with Gasteiger partial charge in [-0.2, -0.15) is 5.26 Å². The molecule has 1 saturated heterocycles. The Labute approximate surface area is 175 Å². The summed E-state index contributed by atoms with van der Waals surface area (Å²) in [4.78, 5) is 26.7. The number of hydrogen-bond acceptors (Lipinski definition) is 5. The summed E-state index contributed by atoms with van der Waals surface area (Å²) < 4.78 is 11.5. The highest BCUT2D eigenvalue weighted by Gasteiger charge is 2.49. The summed E-state index contributed by atoms with van der Waals surface area (Å²) in [6.45, 7) is 4.11. The van der Waals surface area contributed by atoms with E-state index in [1.54, 1.807) is 32.0 Å². The van der Waals surface area contributed by atoms with Gasteiger partial charge in [0.15, 0.2) is 5.11 Å². The Morgan fingerprint density at radius 2 is 2.00 bits per heavy atom. The number of nitrogens with two attached hydrogens (primary N) is 1. The normalized spacial score (nSPS) is 18.0. The second-order valence-corrected chi connectivity index (χ2v) is 9.78. The summed E-state index contributed by atoms with van der Waals surface area (Å²) in [6.07, 6.45) is 1.89. The molecule has 1 unspecified atom stereocenters. The molecule has 0 spiro atoms. The molecule has 1 amide bonds. The van der Waals surface area contributed by atoms with E-state index in [1.165, 1.54) is 10.1 Å². The first kappa shape index (κ1) is 22.3. The van der Waals surface area contributed by atoms with Crippen LogP contribution in [0.25, 0.3) is 0 Å². The van der Waals surface area contributed by atoms with E-state index in [4.69, 9.17) is 34.2 Å². The van der Waals surface area contributed by atoms with Crippen LogP contribution in [-0.4, -0.2) is 43.2 Å². The molecule has 7 nitrogen and oxygen atoms in total. The minimum atomic E-state index is -3.01. The molecule has 0 aromatic heterocycles. The van der Waals surface area contributed by atoms with Gasteiger partial charge in [0.25, 0.3) is 5.91 Å². The molecule has 0 radical (unpaired) electrons. The number of hydrogen-bond donors (Lipinski definition) is 1. The first-order valence-electron chi connectivity index (χ1n) is 8.59. The predicted molar refractivity (Wildman–Crippen MR) is 114 cm³/mol. The van der Waals surface area contributed by atoms with E-state index in [1.807, 2.05) is 11.0 Å². The number of nitrogens with zero attached hydrogens (tertiary/aromatic N) is 3. The molecule has 1 heterocycles. The van der Waals surface area contributed by atoms with Crippen LogP contribution >= 0.6 is 23.8 Å². The summed E-state index contributed by atoms with van der Waals surface area (Å²) in [7, 11) is -3.01. The second kappa shape index (κ2) is 8.60. The van der Waals surface area contributed by atoms with Gasteiger partial charge in [0.2, 0.25) is 5.23 Å². The van der Waals surface area contributed by atoms with Gasteiger partial charge in [0.05, 0.1) is 16.3 Å². The Hall–Kier alpha value is -1.95. The van der Waals surface area contributed by atoms with Crippen molar-refractivity contribution < 1.29 is 13.8 Å². The molecule has 1 fully saturated rings. The molecule has 1 aromatic rings. The first-order valence-corrected chi connectivity index (χ1v) is 11.2. The highest BCUT2D eigenvalue weighted by molar-refractivity contribution is 7.98. The minimum Gasteiger partial charge on any atom is -0.334 e. The zero-order chi connectivity index (χ0) is 21.1. The van der Waals surface area contributed by atoms with Gasteiger partial charge >= 0.3 is 0 Å². The molecule has 1 aromatic carbocycles. The number of unbranched alkanes of at least 4 members (excludes halogenated alkanes) is 2. The van der Waals surface area contributed by atoms with Crippen LogP contribution in [0, 0.1) is 11.3 Å². The number of rotatable bonds is 7. The largest absolute Gasteiger partial charge is 0.334 e. The third kappa shape index (κ3) is 4.54. The predicted octanol–water partition coefficient (Wildman–Crippen LogP) is 2.32. The van der Waals surface area contributed by atoms with E-state index < -0.39 is 15.2 Å². The number of nitriles is 1. The summed E-state index contributed by atoms with van der Waals surface area (Å²) in [5.74, 6) is -0.0853. The lowest BCUT2D eigenvalue weighted by Crippen LogP contribution is -2.44. The van der Waals surface area contributed by atoms with Crippen LogP contribution < -0.4 is 10.0 Å². The van der Waals surface area contributed by atoms with Gasteiger partial charge in [0.1, 0.15) is 21.3 Å². The number of halogens is 1. The average molecular weight is 441 g/mol. The van der Waals surface area contributed by atoms with Crippen molar-refractivity contribution in [3.05, 3.63) is 28.8 Å². The number of amides is 1. The minimum absolute atomic E-state index is 0.0964. The Bertz CT molecular complexity index is 989. The lowest BCUT2D eigenvalue weighted by Gasteiger charge is -2.29. The van der Waals surface area contributed by atoms with Crippen molar-refractivity contribution in [3.63, 3.8) is 0 Å². The van der Waals surface area contributed by atoms with Crippen LogP contribution in [0.2, 0.25) is 5.02 Å². The van der Waals surface area contributed by atoms with Gasteiger partial charge in [0, 0.05) is 12.3 Å². The standard InChI is InChI=1S/C18H21ClN4O3S2/c1-18(2)16(25)23(14-7-6-13(11-20)15(19)10-14)17(27)22(18)8-4-3-5-9-28(21,26)12-24/h6-7,10H,3-5,8-9H2,1-2H3,(H2,21,26). The van der Waals surface area contributed by atoms with E-state index in [-0.39, 0.29) is 16.7 Å². The van der Waals surface area contributed by atoms with Gasteiger partial charge in [-0.05, 0) is 57.1 Å². The SMILES string of the molecule is CC1(C)C(=O)N(c2ccc(C#N)c(Cl)c2)C(=S)N1CCCCCS(N)(=O)=C=O. The number of carbonyl (C=O) groups excluding carboxylic acids is 2. The van der Waals surface area contributed by atoms with Crippen LogP contribution in [0.15, 0.2) is 18.2 Å². The fourth-order valence-corrected chi connectivity index (χ4v) is 4.42. The Balaban J connectivity index is 2.11. The molecule has 0 bridgehead atoms. The molecule has 10 heteroatoms. The molecule has 1 aliphatic heterocycles. The molecule has 2 rings (SSSR count). The number of benzene rings is 1. The van der Waals surface area contributed by atoms with E-state index in [0.717, 1.165) is 0 Å². The number of thiocarbonyl (C=S) groups is 1. The van der Waals surface area contributed by atoms with Crippen LogP contribution in [0.5, 0.6) is 0 Å². The zero-order valence-corrected chi connectivity index (χ0v) is 18.0. The average Bonchev–Trinajstić information content (AvgIpc) is 2.80. The van der Waals surface area contributed by atoms with E-state index in [9.17, 15) is 13.8 Å². The molecule has 1 aliphatic rings. The maximum atomic E-state index is 13.0. The maximum absolute atomic E-state index is 13.0. The van der Waals surface area contributed by atoms with Crippen molar-refractivity contribution in [3.8, 4) is 6.07 Å². The van der Waals surface area contributed by atoms with Crippen molar-refractivity contribution >= 4 is 55.5 Å². The van der Waals surface area contributed by atoms with Crippen LogP contribution in [0.4, 0.5) is 5.69 Å². The van der Waals surface area contributed by atoms with Gasteiger partial charge < -0.3 is 4.90 Å². The van der Waals surface area contributed by atoms with Crippen LogP contribution in [0.1, 0.15) is 38.7 Å². The third-order valence-electron chi connectivity index (χ3n) is 4.63. The summed E-state index contributed by atoms with van der Waals surface area (Å²) in [5, 5.41) is 16.3. The van der Waals surface area contributed by atoms with Gasteiger partial charge in [-0.15, -0.1) is 0 Å². The monoisotopic (exact) mass is 440 g/mol. The van der Waals surface area contributed by atoms with Crippen LogP contribution in [-0.2, 0) is 19.3 Å². The van der Waals surface area contributed by atoms with E-state index in [2.05, 4.69) is 0 Å². The molecule has 2 N–H and O–H groups in total. The maximum Gasteiger partial charge on any atom is 0.258 e. The highest BCUT2D eigenvalue weighted by atomic mass is 35.5. The van der Waals surface area contributed by atoms with Crippen LogP contribution in [0.3, 0.4) is 0 Å².